The van der Waals surface area contributed by atoms with Crippen LogP contribution in [0.2, 0.25) is 0 Å². The van der Waals surface area contributed by atoms with Crippen molar-refractivity contribution in [3.05, 3.63) is 70.2 Å². The van der Waals surface area contributed by atoms with Gasteiger partial charge >= 0.3 is 0 Å². The summed E-state index contributed by atoms with van der Waals surface area (Å²) in [5, 5.41) is 10.2. The maximum atomic E-state index is 13.4. The molecule has 0 radical (unpaired) electrons. The average Bonchev–Trinajstić information content (AvgIpc) is 3.20. The highest BCUT2D eigenvalue weighted by atomic mass is 32.1. The molecule has 0 spiro atoms. The predicted octanol–water partition coefficient (Wildman–Crippen LogP) is 3.64. The first-order chi connectivity index (χ1) is 16.0. The van der Waals surface area contributed by atoms with E-state index in [-0.39, 0.29) is 24.2 Å². The largest absolute Gasteiger partial charge is 0.379 e. The van der Waals surface area contributed by atoms with Crippen molar-refractivity contribution in [1.29, 1.82) is 0 Å². The Morgan fingerprint density at radius 3 is 2.73 bits per heavy atom. The Kier molecular flexibility index (Phi) is 7.64. The number of carbonyl (C=O) groups is 1. The standard InChI is InChI=1S/C24H28FN5O2S/c1-17-3-2-4-19(15-17)23-27-28-24(33)30(23)10-9-22(31)26-16-21(29-11-13-32-14-12-29)18-5-7-20(25)8-6-18/h2-8,15,21H,9-14,16H2,1H3,(H,26,31)(H,28,33). The van der Waals surface area contributed by atoms with Crippen molar-refractivity contribution in [1.82, 2.24) is 25.0 Å². The molecule has 1 unspecified atom stereocenters. The lowest BCUT2D eigenvalue weighted by Gasteiger charge is -2.35. The fourth-order valence-corrected chi connectivity index (χ4v) is 4.30. The van der Waals surface area contributed by atoms with Gasteiger partial charge in [0, 0.05) is 38.2 Å². The van der Waals surface area contributed by atoms with Crippen molar-refractivity contribution >= 4 is 18.1 Å². The number of hydrogen-bond donors (Lipinski definition) is 2. The summed E-state index contributed by atoms with van der Waals surface area (Å²) in [6.45, 7) is 5.70. The van der Waals surface area contributed by atoms with E-state index in [0.717, 1.165) is 29.8 Å². The molecule has 0 bridgehead atoms. The van der Waals surface area contributed by atoms with E-state index in [0.29, 0.717) is 36.9 Å². The second kappa shape index (κ2) is 10.8. The number of nitrogens with one attached hydrogen (secondary N) is 2. The van der Waals surface area contributed by atoms with Crippen LogP contribution in [0.25, 0.3) is 11.4 Å². The van der Waals surface area contributed by atoms with E-state index in [4.69, 9.17) is 17.0 Å². The Balaban J connectivity index is 1.40. The number of rotatable bonds is 8. The third kappa shape index (κ3) is 5.93. The Morgan fingerprint density at radius 1 is 1.24 bits per heavy atom. The summed E-state index contributed by atoms with van der Waals surface area (Å²) in [5.74, 6) is 0.368. The number of halogens is 1. The maximum Gasteiger partial charge on any atom is 0.221 e. The van der Waals surface area contributed by atoms with Crippen molar-refractivity contribution in [3.63, 3.8) is 0 Å². The molecule has 1 aliphatic heterocycles. The Hall–Kier alpha value is -2.88. The molecule has 4 rings (SSSR count). The predicted molar refractivity (Wildman–Crippen MR) is 127 cm³/mol. The third-order valence-electron chi connectivity index (χ3n) is 5.83. The van der Waals surface area contributed by atoms with E-state index in [1.54, 1.807) is 12.1 Å². The van der Waals surface area contributed by atoms with Gasteiger partial charge in [-0.15, -0.1) is 0 Å². The lowest BCUT2D eigenvalue weighted by Crippen LogP contribution is -2.43. The molecule has 2 aromatic carbocycles. The smallest absolute Gasteiger partial charge is 0.221 e. The summed E-state index contributed by atoms with van der Waals surface area (Å²) in [5.41, 5.74) is 3.05. The fraction of sp³-hybridized carbons (Fsp3) is 0.375. The van der Waals surface area contributed by atoms with Crippen molar-refractivity contribution in [2.45, 2.75) is 25.9 Å². The quantitative estimate of drug-likeness (QED) is 0.493. The van der Waals surface area contributed by atoms with Crippen LogP contribution >= 0.6 is 12.2 Å². The van der Waals surface area contributed by atoms with Gasteiger partial charge in [-0.3, -0.25) is 19.4 Å². The first-order valence-corrected chi connectivity index (χ1v) is 11.5. The molecule has 33 heavy (non-hydrogen) atoms. The molecule has 1 aliphatic rings. The van der Waals surface area contributed by atoms with Crippen molar-refractivity contribution in [2.75, 3.05) is 32.8 Å². The molecule has 2 N–H and O–H groups in total. The SMILES string of the molecule is Cc1cccc(-c2n[nH]c(=S)n2CCC(=O)NCC(c2ccc(F)cc2)N2CCOCC2)c1. The number of benzene rings is 2. The van der Waals surface area contributed by atoms with Gasteiger partial charge in [0.05, 0.1) is 19.3 Å². The summed E-state index contributed by atoms with van der Waals surface area (Å²) in [6, 6.07) is 14.4. The van der Waals surface area contributed by atoms with Crippen LogP contribution < -0.4 is 5.32 Å². The van der Waals surface area contributed by atoms with E-state index >= 15 is 0 Å². The normalized spacial score (nSPS) is 15.3. The first kappa shape index (κ1) is 23.3. The number of aromatic amines is 1. The lowest BCUT2D eigenvalue weighted by atomic mass is 10.0. The number of H-pyrrole nitrogens is 1. The van der Waals surface area contributed by atoms with Crippen LogP contribution in [0.5, 0.6) is 0 Å². The van der Waals surface area contributed by atoms with Gasteiger partial charge < -0.3 is 10.1 Å². The van der Waals surface area contributed by atoms with E-state index in [9.17, 15) is 9.18 Å². The Bertz CT molecular complexity index is 1140. The maximum absolute atomic E-state index is 13.4. The van der Waals surface area contributed by atoms with Gasteiger partial charge in [-0.1, -0.05) is 35.9 Å². The zero-order valence-electron chi connectivity index (χ0n) is 18.6. The topological polar surface area (TPSA) is 75.2 Å². The van der Waals surface area contributed by atoms with E-state index < -0.39 is 0 Å². The average molecular weight is 470 g/mol. The number of aromatic nitrogens is 3. The van der Waals surface area contributed by atoms with Crippen LogP contribution in [0.4, 0.5) is 4.39 Å². The Morgan fingerprint density at radius 2 is 2.00 bits per heavy atom. The molecule has 1 fully saturated rings. The highest BCUT2D eigenvalue weighted by Gasteiger charge is 2.23. The van der Waals surface area contributed by atoms with Crippen LogP contribution in [0, 0.1) is 17.5 Å². The van der Waals surface area contributed by atoms with Gasteiger partial charge in [-0.25, -0.2) is 4.39 Å². The monoisotopic (exact) mass is 469 g/mol. The molecule has 1 amide bonds. The highest BCUT2D eigenvalue weighted by molar-refractivity contribution is 7.71. The highest BCUT2D eigenvalue weighted by Crippen LogP contribution is 2.22. The number of morpholine rings is 1. The number of amides is 1. The van der Waals surface area contributed by atoms with Crippen LogP contribution in [-0.2, 0) is 16.1 Å². The molecule has 174 valence electrons. The zero-order valence-corrected chi connectivity index (χ0v) is 19.4. The van der Waals surface area contributed by atoms with Crippen LogP contribution in [0.15, 0.2) is 48.5 Å². The van der Waals surface area contributed by atoms with Crippen molar-refractivity contribution < 1.29 is 13.9 Å². The summed E-state index contributed by atoms with van der Waals surface area (Å²) in [6.07, 6.45) is 0.270. The second-order valence-corrected chi connectivity index (χ2v) is 8.53. The molecular formula is C24H28FN5O2S. The minimum absolute atomic E-state index is 0.0441. The van der Waals surface area contributed by atoms with Gasteiger partial charge in [0.25, 0.3) is 0 Å². The van der Waals surface area contributed by atoms with Crippen LogP contribution in [-0.4, -0.2) is 58.4 Å². The number of ether oxygens (including phenoxy) is 1. The lowest BCUT2D eigenvalue weighted by molar-refractivity contribution is -0.121. The van der Waals surface area contributed by atoms with E-state index in [1.807, 2.05) is 35.8 Å². The fourth-order valence-electron chi connectivity index (χ4n) is 4.07. The van der Waals surface area contributed by atoms with Gasteiger partial charge in [0.2, 0.25) is 5.91 Å². The van der Waals surface area contributed by atoms with Gasteiger partial charge in [-0.2, -0.15) is 5.10 Å². The number of hydrogen-bond acceptors (Lipinski definition) is 5. The van der Waals surface area contributed by atoms with Gasteiger partial charge in [0.1, 0.15) is 5.82 Å². The zero-order chi connectivity index (χ0) is 23.2. The van der Waals surface area contributed by atoms with Gasteiger partial charge in [0.15, 0.2) is 10.6 Å². The molecule has 2 heterocycles. The third-order valence-corrected chi connectivity index (χ3v) is 6.14. The summed E-state index contributed by atoms with van der Waals surface area (Å²) >= 11 is 5.39. The molecule has 9 heteroatoms. The molecule has 0 aliphatic carbocycles. The van der Waals surface area contributed by atoms with Gasteiger partial charge in [-0.05, 0) is 42.9 Å². The number of carbonyl (C=O) groups excluding carboxylic acids is 1. The molecule has 1 atom stereocenters. The van der Waals surface area contributed by atoms with E-state index in [2.05, 4.69) is 20.4 Å². The van der Waals surface area contributed by atoms with Crippen LogP contribution in [0.3, 0.4) is 0 Å². The number of nitrogens with zero attached hydrogens (tertiary/aromatic N) is 3. The van der Waals surface area contributed by atoms with Crippen molar-refractivity contribution in [3.8, 4) is 11.4 Å². The molecule has 1 saturated heterocycles. The summed E-state index contributed by atoms with van der Waals surface area (Å²) in [7, 11) is 0. The molecule has 7 nitrogen and oxygen atoms in total. The van der Waals surface area contributed by atoms with Crippen molar-refractivity contribution in [2.24, 2.45) is 0 Å². The minimum atomic E-state index is -0.273. The van der Waals surface area contributed by atoms with Crippen LogP contribution in [0.1, 0.15) is 23.6 Å². The molecule has 1 aromatic heterocycles. The molecule has 3 aromatic rings. The minimum Gasteiger partial charge on any atom is -0.379 e. The molecule has 0 saturated carbocycles. The Labute approximate surface area is 197 Å². The van der Waals surface area contributed by atoms with E-state index in [1.165, 1.54) is 12.1 Å². The second-order valence-electron chi connectivity index (χ2n) is 8.14. The molecular weight excluding hydrogens is 441 g/mol. The first-order valence-electron chi connectivity index (χ1n) is 11.1. The summed E-state index contributed by atoms with van der Waals surface area (Å²) in [4.78, 5) is 15.0. The summed E-state index contributed by atoms with van der Waals surface area (Å²) < 4.78 is 21.2. The number of aryl methyl sites for hydroxylation is 1.